The van der Waals surface area contributed by atoms with E-state index < -0.39 is 5.60 Å². The molecule has 0 spiro atoms. The third-order valence-corrected chi connectivity index (χ3v) is 4.63. The van der Waals surface area contributed by atoms with Gasteiger partial charge < -0.3 is 5.11 Å². The van der Waals surface area contributed by atoms with E-state index in [1.54, 1.807) is 22.7 Å². The molecule has 17 heavy (non-hydrogen) atoms. The molecule has 0 aliphatic rings. The molecule has 1 nitrogen and oxygen atoms in total. The third kappa shape index (κ3) is 3.66. The lowest BCUT2D eigenvalue weighted by molar-refractivity contribution is 0.0327. The molecule has 0 radical (unpaired) electrons. The minimum atomic E-state index is -0.579. The molecule has 2 heterocycles. The van der Waals surface area contributed by atoms with Crippen LogP contribution in [0.25, 0.3) is 0 Å². The summed E-state index contributed by atoms with van der Waals surface area (Å²) in [4.78, 5) is 2.55. The zero-order valence-corrected chi connectivity index (χ0v) is 11.7. The van der Waals surface area contributed by atoms with Gasteiger partial charge in [0.15, 0.2) is 0 Å². The molecule has 2 rings (SSSR count). The lowest BCUT2D eigenvalue weighted by Gasteiger charge is -2.27. The Morgan fingerprint density at radius 1 is 1.06 bits per heavy atom. The van der Waals surface area contributed by atoms with Gasteiger partial charge in [-0.3, -0.25) is 0 Å². The quantitative estimate of drug-likeness (QED) is 0.833. The average Bonchev–Trinajstić information content (AvgIpc) is 2.91. The molecule has 0 unspecified atom stereocenters. The van der Waals surface area contributed by atoms with Crippen LogP contribution in [0.2, 0.25) is 0 Å². The van der Waals surface area contributed by atoms with Gasteiger partial charge in [0.25, 0.3) is 0 Å². The summed E-state index contributed by atoms with van der Waals surface area (Å²) < 4.78 is 0. The molecule has 0 aromatic carbocycles. The number of thiophene rings is 2. The van der Waals surface area contributed by atoms with Crippen molar-refractivity contribution in [3.63, 3.8) is 0 Å². The summed E-state index contributed by atoms with van der Waals surface area (Å²) in [5.41, 5.74) is -0.579. The summed E-state index contributed by atoms with van der Waals surface area (Å²) in [6, 6.07) is 8.33. The Labute approximate surface area is 111 Å². The predicted molar refractivity (Wildman–Crippen MR) is 75.9 cm³/mol. The highest BCUT2D eigenvalue weighted by molar-refractivity contribution is 7.10. The fourth-order valence-corrected chi connectivity index (χ4v) is 3.86. The van der Waals surface area contributed by atoms with Crippen LogP contribution in [0.15, 0.2) is 35.0 Å². The van der Waals surface area contributed by atoms with E-state index in [0.29, 0.717) is 0 Å². The third-order valence-electron chi connectivity index (χ3n) is 2.88. The maximum absolute atomic E-state index is 10.8. The second-order valence-corrected chi connectivity index (χ2v) is 6.55. The lowest BCUT2D eigenvalue weighted by Crippen LogP contribution is -2.33. The van der Waals surface area contributed by atoms with E-state index in [-0.39, 0.29) is 0 Å². The first-order valence-electron chi connectivity index (χ1n) is 5.99. The fourth-order valence-electron chi connectivity index (χ4n) is 2.18. The van der Waals surface area contributed by atoms with Gasteiger partial charge in [0.05, 0.1) is 5.60 Å². The number of aliphatic hydroxyl groups is 1. The molecular weight excluding hydrogens is 248 g/mol. The van der Waals surface area contributed by atoms with Crippen molar-refractivity contribution >= 4 is 22.7 Å². The summed E-state index contributed by atoms with van der Waals surface area (Å²) in [6.45, 7) is 2.13. The highest BCUT2D eigenvalue weighted by atomic mass is 32.1. The van der Waals surface area contributed by atoms with E-state index in [2.05, 4.69) is 41.9 Å². The van der Waals surface area contributed by atoms with Crippen molar-refractivity contribution in [1.82, 2.24) is 0 Å². The normalized spacial score (nSPS) is 11.9. The zero-order chi connectivity index (χ0) is 12.1. The Morgan fingerprint density at radius 2 is 1.59 bits per heavy atom. The largest absolute Gasteiger partial charge is 0.389 e. The molecule has 2 aromatic heterocycles. The zero-order valence-electron chi connectivity index (χ0n) is 10.1. The molecule has 0 aliphatic carbocycles. The molecule has 0 amide bonds. The molecule has 0 aliphatic heterocycles. The molecule has 0 saturated heterocycles. The van der Waals surface area contributed by atoms with Crippen LogP contribution in [0.5, 0.6) is 0 Å². The number of hydrogen-bond acceptors (Lipinski definition) is 3. The van der Waals surface area contributed by atoms with Crippen LogP contribution in [-0.2, 0) is 12.8 Å². The van der Waals surface area contributed by atoms with Gasteiger partial charge in [-0.25, -0.2) is 0 Å². The van der Waals surface area contributed by atoms with Gasteiger partial charge >= 0.3 is 0 Å². The molecule has 0 saturated carbocycles. The first kappa shape index (κ1) is 12.8. The van der Waals surface area contributed by atoms with Gasteiger partial charge in [0, 0.05) is 22.6 Å². The van der Waals surface area contributed by atoms with Crippen molar-refractivity contribution in [2.75, 3.05) is 0 Å². The van der Waals surface area contributed by atoms with Crippen LogP contribution in [0.4, 0.5) is 0 Å². The summed E-state index contributed by atoms with van der Waals surface area (Å²) in [5.74, 6) is 0. The van der Waals surface area contributed by atoms with E-state index in [0.717, 1.165) is 25.7 Å². The van der Waals surface area contributed by atoms with Crippen LogP contribution >= 0.6 is 22.7 Å². The van der Waals surface area contributed by atoms with Crippen LogP contribution < -0.4 is 0 Å². The second-order valence-electron chi connectivity index (χ2n) is 4.49. The van der Waals surface area contributed by atoms with Crippen molar-refractivity contribution in [3.8, 4) is 0 Å². The smallest absolute Gasteiger partial charge is 0.0743 e. The van der Waals surface area contributed by atoms with Crippen LogP contribution in [0.1, 0.15) is 29.5 Å². The summed E-state index contributed by atoms with van der Waals surface area (Å²) >= 11 is 3.46. The van der Waals surface area contributed by atoms with Crippen molar-refractivity contribution in [2.24, 2.45) is 0 Å². The van der Waals surface area contributed by atoms with Crippen molar-refractivity contribution in [1.29, 1.82) is 0 Å². The molecule has 2 aromatic rings. The molecule has 0 atom stereocenters. The standard InChI is InChI=1S/C14H18OS2/c1-2-7-14(15,10-12-5-3-8-16-12)11-13-6-4-9-17-13/h3-6,8-9,15H,2,7,10-11H2,1H3. The van der Waals surface area contributed by atoms with E-state index in [4.69, 9.17) is 0 Å². The topological polar surface area (TPSA) is 20.2 Å². The molecule has 1 N–H and O–H groups in total. The molecule has 0 fully saturated rings. The SMILES string of the molecule is CCCC(O)(Cc1cccs1)Cc1cccs1. The summed E-state index contributed by atoms with van der Waals surface area (Å²) in [5, 5.41) is 14.9. The van der Waals surface area contributed by atoms with E-state index in [1.807, 2.05) is 0 Å². The predicted octanol–water partition coefficient (Wildman–Crippen LogP) is 4.13. The Kier molecular flexibility index (Phi) is 4.37. The molecule has 3 heteroatoms. The highest BCUT2D eigenvalue weighted by Crippen LogP contribution is 2.27. The highest BCUT2D eigenvalue weighted by Gasteiger charge is 2.27. The minimum Gasteiger partial charge on any atom is -0.389 e. The molecule has 92 valence electrons. The van der Waals surface area contributed by atoms with Gasteiger partial charge in [-0.2, -0.15) is 0 Å². The first-order chi connectivity index (χ1) is 8.22. The lowest BCUT2D eigenvalue weighted by atomic mass is 9.89. The molecule has 0 bridgehead atoms. The van der Waals surface area contributed by atoms with Crippen molar-refractivity contribution < 1.29 is 5.11 Å². The molecular formula is C14H18OS2. The Morgan fingerprint density at radius 3 is 1.94 bits per heavy atom. The van der Waals surface area contributed by atoms with Gasteiger partial charge in [-0.05, 0) is 29.3 Å². The van der Waals surface area contributed by atoms with E-state index in [1.165, 1.54) is 9.75 Å². The van der Waals surface area contributed by atoms with Crippen molar-refractivity contribution in [3.05, 3.63) is 44.8 Å². The monoisotopic (exact) mass is 266 g/mol. The van der Waals surface area contributed by atoms with Crippen LogP contribution in [-0.4, -0.2) is 10.7 Å². The Bertz CT molecular complexity index is 381. The summed E-state index contributed by atoms with van der Waals surface area (Å²) in [7, 11) is 0. The Balaban J connectivity index is 2.08. The second kappa shape index (κ2) is 5.80. The van der Waals surface area contributed by atoms with Crippen LogP contribution in [0, 0.1) is 0 Å². The Hall–Kier alpha value is -0.640. The van der Waals surface area contributed by atoms with Gasteiger partial charge in [0.2, 0.25) is 0 Å². The minimum absolute atomic E-state index is 0.579. The van der Waals surface area contributed by atoms with E-state index in [9.17, 15) is 5.11 Å². The first-order valence-corrected chi connectivity index (χ1v) is 7.75. The maximum Gasteiger partial charge on any atom is 0.0743 e. The number of rotatable bonds is 6. The van der Waals surface area contributed by atoms with E-state index >= 15 is 0 Å². The summed E-state index contributed by atoms with van der Waals surface area (Å²) in [6.07, 6.45) is 3.43. The van der Waals surface area contributed by atoms with Gasteiger partial charge in [0.1, 0.15) is 0 Å². The number of hydrogen-bond donors (Lipinski definition) is 1. The maximum atomic E-state index is 10.8. The van der Waals surface area contributed by atoms with Gasteiger partial charge in [-0.1, -0.05) is 25.5 Å². The average molecular weight is 266 g/mol. The van der Waals surface area contributed by atoms with Crippen molar-refractivity contribution in [2.45, 2.75) is 38.2 Å². The van der Waals surface area contributed by atoms with Crippen LogP contribution in [0.3, 0.4) is 0 Å². The fraction of sp³-hybridized carbons (Fsp3) is 0.429. The van der Waals surface area contributed by atoms with Gasteiger partial charge in [-0.15, -0.1) is 22.7 Å².